The van der Waals surface area contributed by atoms with Gasteiger partial charge < -0.3 is 10.2 Å². The Morgan fingerprint density at radius 3 is 1.52 bits per heavy atom. The summed E-state index contributed by atoms with van der Waals surface area (Å²) in [6.07, 6.45) is 0. The third kappa shape index (κ3) is 2.47. The predicted octanol–water partition coefficient (Wildman–Crippen LogP) is 4.52. The highest BCUT2D eigenvalue weighted by Crippen LogP contribution is 2.40. The lowest BCUT2D eigenvalue weighted by Gasteiger charge is -2.26. The summed E-state index contributed by atoms with van der Waals surface area (Å²) in [6, 6.07) is 18.7. The van der Waals surface area contributed by atoms with Crippen molar-refractivity contribution in [1.29, 1.82) is 0 Å². The van der Waals surface area contributed by atoms with E-state index in [1.165, 1.54) is 0 Å². The van der Waals surface area contributed by atoms with Crippen LogP contribution < -0.4 is 0 Å². The number of nitrogens with zero attached hydrogens (tertiary/aromatic N) is 2. The molecule has 0 fully saturated rings. The monoisotopic (exact) mass is 330 g/mol. The van der Waals surface area contributed by atoms with Gasteiger partial charge in [0.15, 0.2) is 0 Å². The molecule has 0 saturated carbocycles. The average molecular weight is 330 g/mol. The fraction of sp³-hybridized carbons (Fsp3) is 0.143. The van der Waals surface area contributed by atoms with E-state index in [2.05, 4.69) is 9.97 Å². The number of benzene rings is 2. The van der Waals surface area contributed by atoms with Gasteiger partial charge in [-0.15, -0.1) is 0 Å². The van der Waals surface area contributed by atoms with E-state index in [9.17, 15) is 10.2 Å². The Bertz CT molecular complexity index is 1020. The van der Waals surface area contributed by atoms with E-state index in [1.54, 1.807) is 12.1 Å². The molecule has 0 amide bonds. The first-order valence-electron chi connectivity index (χ1n) is 8.15. The molecule has 0 unspecified atom stereocenters. The molecule has 25 heavy (non-hydrogen) atoms. The summed E-state index contributed by atoms with van der Waals surface area (Å²) in [6.45, 7) is 3.81. The molecule has 2 aromatic carbocycles. The van der Waals surface area contributed by atoms with Gasteiger partial charge in [-0.05, 0) is 38.1 Å². The summed E-state index contributed by atoms with van der Waals surface area (Å²) in [4.78, 5) is 9.29. The lowest BCUT2D eigenvalue weighted by atomic mass is 9.83. The van der Waals surface area contributed by atoms with Crippen molar-refractivity contribution in [3.05, 3.63) is 72.1 Å². The first-order valence-corrected chi connectivity index (χ1v) is 8.15. The number of pyridine rings is 2. The maximum absolute atomic E-state index is 10.5. The second-order valence-corrected chi connectivity index (χ2v) is 6.72. The number of aromatic hydroxyl groups is 2. The summed E-state index contributed by atoms with van der Waals surface area (Å²) in [5.41, 5.74) is 1.81. The summed E-state index contributed by atoms with van der Waals surface area (Å²) < 4.78 is 0. The van der Waals surface area contributed by atoms with Crippen molar-refractivity contribution in [2.24, 2.45) is 0 Å². The molecular formula is C21H18N2O2. The van der Waals surface area contributed by atoms with E-state index in [-0.39, 0.29) is 11.5 Å². The van der Waals surface area contributed by atoms with Gasteiger partial charge in [-0.2, -0.15) is 0 Å². The van der Waals surface area contributed by atoms with Crippen LogP contribution in [0.5, 0.6) is 11.5 Å². The van der Waals surface area contributed by atoms with E-state index >= 15 is 0 Å². The molecule has 0 bridgehead atoms. The first kappa shape index (κ1) is 15.4. The largest absolute Gasteiger partial charge is 0.506 e. The number of aromatic nitrogens is 2. The van der Waals surface area contributed by atoms with Gasteiger partial charge in [0.25, 0.3) is 0 Å². The van der Waals surface area contributed by atoms with Gasteiger partial charge in [0.05, 0.1) is 27.8 Å². The molecule has 0 aliphatic heterocycles. The van der Waals surface area contributed by atoms with Crippen molar-refractivity contribution in [2.75, 3.05) is 0 Å². The Balaban J connectivity index is 1.95. The molecule has 0 spiro atoms. The van der Waals surface area contributed by atoms with Crippen LogP contribution in [0.15, 0.2) is 60.7 Å². The molecule has 0 atom stereocenters. The molecule has 4 rings (SSSR count). The molecule has 0 aliphatic carbocycles. The lowest BCUT2D eigenvalue weighted by Crippen LogP contribution is -2.22. The fourth-order valence-electron chi connectivity index (χ4n) is 3.24. The van der Waals surface area contributed by atoms with Gasteiger partial charge in [-0.3, -0.25) is 0 Å². The number of rotatable bonds is 2. The van der Waals surface area contributed by atoms with Crippen LogP contribution in [-0.2, 0) is 5.41 Å². The SMILES string of the molecule is CC(C)(c1nc2ccccc2cc1O)c1nc2ccccc2cc1O. The Hall–Kier alpha value is -3.14. The first-order chi connectivity index (χ1) is 12.0. The average Bonchev–Trinajstić information content (AvgIpc) is 2.60. The standard InChI is InChI=1S/C21H18N2O2/c1-21(2,19-17(24)11-13-7-3-5-9-15(13)22-19)20-18(25)12-14-8-4-6-10-16(14)23-20/h3-12,24-25H,1-2H3. The maximum atomic E-state index is 10.5. The number of fused-ring (bicyclic) bond motifs is 2. The summed E-state index contributed by atoms with van der Waals surface area (Å²) in [7, 11) is 0. The molecular weight excluding hydrogens is 312 g/mol. The van der Waals surface area contributed by atoms with Gasteiger partial charge in [-0.25, -0.2) is 9.97 Å². The number of hydrogen-bond donors (Lipinski definition) is 2. The molecule has 0 aliphatic rings. The Morgan fingerprint density at radius 2 is 1.08 bits per heavy atom. The third-order valence-electron chi connectivity index (χ3n) is 4.59. The van der Waals surface area contributed by atoms with E-state index in [1.807, 2.05) is 62.4 Å². The zero-order chi connectivity index (χ0) is 17.6. The molecule has 2 heterocycles. The van der Waals surface area contributed by atoms with Gasteiger partial charge in [0.1, 0.15) is 11.5 Å². The van der Waals surface area contributed by atoms with Crippen molar-refractivity contribution in [2.45, 2.75) is 19.3 Å². The molecule has 2 N–H and O–H groups in total. The smallest absolute Gasteiger partial charge is 0.138 e. The van der Waals surface area contributed by atoms with E-state index in [0.29, 0.717) is 11.4 Å². The number of hydrogen-bond acceptors (Lipinski definition) is 4. The molecule has 4 aromatic rings. The van der Waals surface area contributed by atoms with Crippen molar-refractivity contribution >= 4 is 21.8 Å². The molecule has 4 heteroatoms. The topological polar surface area (TPSA) is 66.2 Å². The van der Waals surface area contributed by atoms with E-state index in [4.69, 9.17) is 0 Å². The van der Waals surface area contributed by atoms with Crippen LogP contribution in [0.4, 0.5) is 0 Å². The van der Waals surface area contributed by atoms with Crippen LogP contribution in [0, 0.1) is 0 Å². The number of para-hydroxylation sites is 2. The summed E-state index contributed by atoms with van der Waals surface area (Å²) >= 11 is 0. The van der Waals surface area contributed by atoms with Crippen LogP contribution in [-0.4, -0.2) is 20.2 Å². The zero-order valence-corrected chi connectivity index (χ0v) is 14.1. The van der Waals surface area contributed by atoms with Gasteiger partial charge in [-0.1, -0.05) is 36.4 Å². The highest BCUT2D eigenvalue weighted by Gasteiger charge is 2.32. The molecule has 124 valence electrons. The minimum Gasteiger partial charge on any atom is -0.506 e. The highest BCUT2D eigenvalue weighted by molar-refractivity contribution is 5.82. The van der Waals surface area contributed by atoms with E-state index in [0.717, 1.165) is 21.8 Å². The Labute approximate surface area is 145 Å². The van der Waals surface area contributed by atoms with Crippen molar-refractivity contribution in [3.63, 3.8) is 0 Å². The summed E-state index contributed by atoms with van der Waals surface area (Å²) in [5, 5.41) is 22.8. The van der Waals surface area contributed by atoms with Crippen LogP contribution in [0.1, 0.15) is 25.2 Å². The highest BCUT2D eigenvalue weighted by atomic mass is 16.3. The van der Waals surface area contributed by atoms with Crippen molar-refractivity contribution in [1.82, 2.24) is 9.97 Å². The molecule has 2 aromatic heterocycles. The van der Waals surface area contributed by atoms with Crippen LogP contribution in [0.3, 0.4) is 0 Å². The van der Waals surface area contributed by atoms with Crippen molar-refractivity contribution < 1.29 is 10.2 Å². The van der Waals surface area contributed by atoms with Gasteiger partial charge >= 0.3 is 0 Å². The van der Waals surface area contributed by atoms with E-state index < -0.39 is 5.41 Å². The molecule has 0 saturated heterocycles. The van der Waals surface area contributed by atoms with Crippen LogP contribution >= 0.6 is 0 Å². The van der Waals surface area contributed by atoms with Crippen LogP contribution in [0.25, 0.3) is 21.8 Å². The van der Waals surface area contributed by atoms with Crippen LogP contribution in [0.2, 0.25) is 0 Å². The predicted molar refractivity (Wildman–Crippen MR) is 98.9 cm³/mol. The van der Waals surface area contributed by atoms with Gasteiger partial charge in [0.2, 0.25) is 0 Å². The second kappa shape index (κ2) is 5.45. The Kier molecular flexibility index (Phi) is 3.35. The van der Waals surface area contributed by atoms with Crippen molar-refractivity contribution in [3.8, 4) is 11.5 Å². The fourth-order valence-corrected chi connectivity index (χ4v) is 3.24. The molecule has 4 nitrogen and oxygen atoms in total. The third-order valence-corrected chi connectivity index (χ3v) is 4.59. The lowest BCUT2D eigenvalue weighted by molar-refractivity contribution is 0.425. The molecule has 0 radical (unpaired) electrons. The second-order valence-electron chi connectivity index (χ2n) is 6.72. The Morgan fingerprint density at radius 1 is 0.680 bits per heavy atom. The minimum absolute atomic E-state index is 0.0954. The zero-order valence-electron chi connectivity index (χ0n) is 14.1. The normalized spacial score (nSPS) is 11.9. The summed E-state index contributed by atoms with van der Waals surface area (Å²) in [5.74, 6) is 0.191. The quantitative estimate of drug-likeness (QED) is 0.567. The van der Waals surface area contributed by atoms with Gasteiger partial charge in [0, 0.05) is 10.8 Å². The maximum Gasteiger partial charge on any atom is 0.138 e. The minimum atomic E-state index is -0.762.